The maximum atomic E-state index is 11.5. The van der Waals surface area contributed by atoms with Gasteiger partial charge in [0.15, 0.2) is 5.96 Å². The van der Waals surface area contributed by atoms with Crippen molar-refractivity contribution in [3.63, 3.8) is 0 Å². The summed E-state index contributed by atoms with van der Waals surface area (Å²) in [4.78, 5) is 26.0. The lowest BCUT2D eigenvalue weighted by Crippen LogP contribution is -2.28. The number of carbonyl (C=O) groups is 1. The van der Waals surface area contributed by atoms with Crippen LogP contribution >= 0.6 is 0 Å². The van der Waals surface area contributed by atoms with Crippen molar-refractivity contribution < 1.29 is 4.79 Å². The quantitative estimate of drug-likeness (QED) is 0.569. The predicted octanol–water partition coefficient (Wildman–Crippen LogP) is 1.23. The summed E-state index contributed by atoms with van der Waals surface area (Å²) in [5.41, 5.74) is 13.2. The van der Waals surface area contributed by atoms with Crippen molar-refractivity contribution in [1.82, 2.24) is 15.3 Å². The number of nitrogens with two attached hydrogens (primary N) is 2. The van der Waals surface area contributed by atoms with Gasteiger partial charge in [0.1, 0.15) is 0 Å². The van der Waals surface area contributed by atoms with E-state index in [4.69, 9.17) is 11.5 Å². The third kappa shape index (κ3) is 4.43. The molecule has 2 amide bonds. The summed E-state index contributed by atoms with van der Waals surface area (Å²) in [5.74, 6) is 0.517. The average Bonchev–Trinajstić information content (AvgIpc) is 3.14. The number of hydrogen-bond donors (Lipinski definition) is 3. The first kappa shape index (κ1) is 16.7. The molecule has 1 aliphatic rings. The molecule has 0 aliphatic carbocycles. The molecule has 2 heterocycles. The second kappa shape index (κ2) is 7.61. The molecule has 8 heteroatoms. The molecule has 130 valence electrons. The minimum Gasteiger partial charge on any atom is -0.370 e. The monoisotopic (exact) mass is 339 g/mol. The molecule has 0 spiro atoms. The van der Waals surface area contributed by atoms with Gasteiger partial charge in [0.25, 0.3) is 0 Å². The average molecular weight is 339 g/mol. The summed E-state index contributed by atoms with van der Waals surface area (Å²) in [6.45, 7) is 2.37. The van der Waals surface area contributed by atoms with Crippen molar-refractivity contribution >= 4 is 17.9 Å². The molecule has 1 aliphatic heterocycles. The maximum Gasteiger partial charge on any atom is 0.344 e. The number of nitrogens with zero attached hydrogens (tertiary/aromatic N) is 4. The number of amides is 2. The fourth-order valence-electron chi connectivity index (χ4n) is 2.75. The molecule has 1 aromatic heterocycles. The van der Waals surface area contributed by atoms with Gasteiger partial charge < -0.3 is 21.7 Å². The largest absolute Gasteiger partial charge is 0.370 e. The Balaban J connectivity index is 1.68. The fourth-order valence-corrected chi connectivity index (χ4v) is 2.75. The predicted molar refractivity (Wildman–Crippen MR) is 97.0 cm³/mol. The van der Waals surface area contributed by atoms with Crippen LogP contribution < -0.4 is 21.7 Å². The van der Waals surface area contributed by atoms with Gasteiger partial charge in [-0.05, 0) is 30.0 Å². The van der Waals surface area contributed by atoms with E-state index in [9.17, 15) is 4.79 Å². The Morgan fingerprint density at radius 3 is 2.56 bits per heavy atom. The van der Waals surface area contributed by atoms with Crippen LogP contribution in [0.5, 0.6) is 0 Å². The lowest BCUT2D eigenvalue weighted by atomic mass is 10.1. The second-order valence-corrected chi connectivity index (χ2v) is 5.86. The normalized spacial score (nSPS) is 13.5. The first-order valence-electron chi connectivity index (χ1n) is 8.15. The van der Waals surface area contributed by atoms with Gasteiger partial charge in [-0.3, -0.25) is 0 Å². The molecule has 0 radical (unpaired) electrons. The van der Waals surface area contributed by atoms with Crippen molar-refractivity contribution in [1.29, 1.82) is 0 Å². The van der Waals surface area contributed by atoms with Crippen molar-refractivity contribution in [2.45, 2.75) is 19.4 Å². The van der Waals surface area contributed by atoms with Crippen molar-refractivity contribution in [2.75, 3.05) is 18.0 Å². The number of benzene rings is 1. The highest BCUT2D eigenvalue weighted by atomic mass is 16.2. The van der Waals surface area contributed by atoms with Gasteiger partial charge in [0.2, 0.25) is 5.95 Å². The Bertz CT molecular complexity index is 763. The Morgan fingerprint density at radius 1 is 1.16 bits per heavy atom. The summed E-state index contributed by atoms with van der Waals surface area (Å²) < 4.78 is 0. The van der Waals surface area contributed by atoms with E-state index in [1.807, 2.05) is 36.7 Å². The molecule has 2 aromatic rings. The Morgan fingerprint density at radius 2 is 1.88 bits per heavy atom. The smallest absolute Gasteiger partial charge is 0.344 e. The number of anilines is 1. The van der Waals surface area contributed by atoms with E-state index < -0.39 is 6.03 Å². The summed E-state index contributed by atoms with van der Waals surface area (Å²) in [7, 11) is 0. The standard InChI is InChI=1S/C17H21N7O/c18-15(19)23-17(25)22-9-12-4-3-5-13(8-12)14-10-20-16(21-11-14)24-6-1-2-7-24/h3-5,8,10-11H,1-2,6-7,9H2,(H5,18,19,22,23,25). The van der Waals surface area contributed by atoms with Gasteiger partial charge >= 0.3 is 6.03 Å². The van der Waals surface area contributed by atoms with Crippen molar-refractivity contribution in [3.05, 3.63) is 42.2 Å². The van der Waals surface area contributed by atoms with E-state index in [0.29, 0.717) is 6.54 Å². The van der Waals surface area contributed by atoms with Crippen LogP contribution in [0.25, 0.3) is 11.1 Å². The van der Waals surface area contributed by atoms with Crippen LogP contribution in [0.2, 0.25) is 0 Å². The van der Waals surface area contributed by atoms with E-state index in [2.05, 4.69) is 25.2 Å². The zero-order valence-electron chi connectivity index (χ0n) is 13.9. The highest BCUT2D eigenvalue weighted by Gasteiger charge is 2.14. The zero-order chi connectivity index (χ0) is 17.6. The van der Waals surface area contributed by atoms with E-state index in [-0.39, 0.29) is 5.96 Å². The lowest BCUT2D eigenvalue weighted by molar-refractivity contribution is 0.249. The van der Waals surface area contributed by atoms with Crippen molar-refractivity contribution in [2.24, 2.45) is 16.5 Å². The van der Waals surface area contributed by atoms with Crippen LogP contribution in [0.1, 0.15) is 18.4 Å². The van der Waals surface area contributed by atoms with Crippen LogP contribution in [0.15, 0.2) is 41.7 Å². The van der Waals surface area contributed by atoms with Crippen LogP contribution in [0, 0.1) is 0 Å². The summed E-state index contributed by atoms with van der Waals surface area (Å²) in [6, 6.07) is 7.23. The van der Waals surface area contributed by atoms with Gasteiger partial charge in [0, 0.05) is 37.6 Å². The topological polar surface area (TPSA) is 123 Å². The van der Waals surface area contributed by atoms with Crippen LogP contribution in [0.3, 0.4) is 0 Å². The van der Waals surface area contributed by atoms with Crippen LogP contribution in [-0.4, -0.2) is 35.0 Å². The number of urea groups is 1. The summed E-state index contributed by atoms with van der Waals surface area (Å²) >= 11 is 0. The molecular formula is C17H21N7O. The number of nitrogens with one attached hydrogen (secondary N) is 1. The minimum atomic E-state index is -0.566. The van der Waals surface area contributed by atoms with Gasteiger partial charge in [-0.2, -0.15) is 4.99 Å². The van der Waals surface area contributed by atoms with Gasteiger partial charge in [-0.25, -0.2) is 14.8 Å². The molecule has 8 nitrogen and oxygen atoms in total. The van der Waals surface area contributed by atoms with E-state index in [1.165, 1.54) is 12.8 Å². The molecule has 1 aromatic carbocycles. The van der Waals surface area contributed by atoms with Crippen LogP contribution in [0.4, 0.5) is 10.7 Å². The Labute approximate surface area is 146 Å². The molecule has 0 saturated carbocycles. The molecular weight excluding hydrogens is 318 g/mol. The summed E-state index contributed by atoms with van der Waals surface area (Å²) in [6.07, 6.45) is 6.05. The number of hydrogen-bond acceptors (Lipinski definition) is 4. The highest BCUT2D eigenvalue weighted by Crippen LogP contribution is 2.21. The Hall–Kier alpha value is -3.16. The minimum absolute atomic E-state index is 0.263. The molecule has 0 unspecified atom stereocenters. The lowest BCUT2D eigenvalue weighted by Gasteiger charge is -2.14. The third-order valence-corrected chi connectivity index (χ3v) is 3.96. The number of rotatable bonds is 4. The summed E-state index contributed by atoms with van der Waals surface area (Å²) in [5, 5.41) is 2.63. The number of carbonyl (C=O) groups excluding carboxylic acids is 1. The zero-order valence-corrected chi connectivity index (χ0v) is 13.9. The maximum absolute atomic E-state index is 11.5. The second-order valence-electron chi connectivity index (χ2n) is 5.86. The molecule has 0 atom stereocenters. The number of aliphatic imine (C=N–C) groups is 1. The van der Waals surface area contributed by atoms with Crippen molar-refractivity contribution in [3.8, 4) is 11.1 Å². The van der Waals surface area contributed by atoms with E-state index in [1.54, 1.807) is 0 Å². The highest BCUT2D eigenvalue weighted by molar-refractivity contribution is 5.90. The first-order chi connectivity index (χ1) is 12.1. The number of guanidine groups is 1. The van der Waals surface area contributed by atoms with Gasteiger partial charge in [-0.1, -0.05) is 18.2 Å². The van der Waals surface area contributed by atoms with E-state index >= 15 is 0 Å². The first-order valence-corrected chi connectivity index (χ1v) is 8.15. The molecule has 0 bridgehead atoms. The fraction of sp³-hybridized carbons (Fsp3) is 0.294. The number of aromatic nitrogens is 2. The van der Waals surface area contributed by atoms with Gasteiger partial charge in [0.05, 0.1) is 0 Å². The third-order valence-electron chi connectivity index (χ3n) is 3.96. The van der Waals surface area contributed by atoms with Crippen LogP contribution in [-0.2, 0) is 6.54 Å². The molecule has 25 heavy (non-hydrogen) atoms. The molecule has 3 rings (SSSR count). The van der Waals surface area contributed by atoms with Gasteiger partial charge in [-0.15, -0.1) is 0 Å². The van der Waals surface area contributed by atoms with E-state index in [0.717, 1.165) is 35.7 Å². The molecule has 1 fully saturated rings. The molecule has 5 N–H and O–H groups in total. The SMILES string of the molecule is NC(N)=NC(=O)NCc1cccc(-c2cnc(N3CCCC3)nc2)c1. The molecule has 1 saturated heterocycles. The Kier molecular flexibility index (Phi) is 5.08.